The van der Waals surface area contributed by atoms with Crippen LogP contribution in [0, 0.1) is 5.41 Å². The van der Waals surface area contributed by atoms with Gasteiger partial charge in [-0.25, -0.2) is 0 Å². The van der Waals surface area contributed by atoms with E-state index in [0.717, 1.165) is 37.2 Å². The van der Waals surface area contributed by atoms with E-state index in [2.05, 4.69) is 27.7 Å². The average Bonchev–Trinajstić information content (AvgIpc) is 2.33. The molecule has 1 atom stereocenters. The van der Waals surface area contributed by atoms with Gasteiger partial charge in [-0.2, -0.15) is 0 Å². The summed E-state index contributed by atoms with van der Waals surface area (Å²) >= 11 is 0. The first-order valence-corrected chi connectivity index (χ1v) is 6.83. The number of rotatable bonds is 6. The fraction of sp³-hybridized carbons (Fsp3) is 0.625. The maximum Gasteiger partial charge on any atom is 0.119 e. The second-order valence-electron chi connectivity index (χ2n) is 6.03. The molecular formula is C16H26O2. The van der Waals surface area contributed by atoms with Crippen LogP contribution in [0.4, 0.5) is 0 Å². The van der Waals surface area contributed by atoms with Crippen molar-refractivity contribution >= 4 is 0 Å². The number of hydrogen-bond acceptors (Lipinski definition) is 2. The lowest BCUT2D eigenvalue weighted by Gasteiger charge is -2.20. The molecule has 102 valence electrons. The van der Waals surface area contributed by atoms with Crippen molar-refractivity contribution in [3.63, 3.8) is 0 Å². The molecule has 1 unspecified atom stereocenters. The molecule has 0 heterocycles. The highest BCUT2D eigenvalue weighted by Gasteiger charge is 2.14. The first-order valence-electron chi connectivity index (χ1n) is 6.83. The van der Waals surface area contributed by atoms with Gasteiger partial charge in [-0.1, -0.05) is 39.8 Å². The zero-order valence-corrected chi connectivity index (χ0v) is 12.1. The second-order valence-corrected chi connectivity index (χ2v) is 6.03. The smallest absolute Gasteiger partial charge is 0.119 e. The fourth-order valence-electron chi connectivity index (χ4n) is 1.74. The Morgan fingerprint density at radius 1 is 1.17 bits per heavy atom. The Balaban J connectivity index is 2.51. The van der Waals surface area contributed by atoms with Crippen molar-refractivity contribution in [2.45, 2.75) is 53.1 Å². The summed E-state index contributed by atoms with van der Waals surface area (Å²) in [5, 5.41) is 10.1. The summed E-state index contributed by atoms with van der Waals surface area (Å²) in [6, 6.07) is 7.78. The van der Waals surface area contributed by atoms with Gasteiger partial charge in [0, 0.05) is 0 Å². The highest BCUT2D eigenvalue weighted by atomic mass is 16.5. The zero-order chi connectivity index (χ0) is 13.6. The van der Waals surface area contributed by atoms with Crippen LogP contribution in [-0.4, -0.2) is 11.7 Å². The Kier molecular flexibility index (Phi) is 5.67. The third kappa shape index (κ3) is 5.54. The molecule has 1 aromatic rings. The molecule has 1 rings (SSSR count). The second kappa shape index (κ2) is 6.79. The summed E-state index contributed by atoms with van der Waals surface area (Å²) in [6.07, 6.45) is 2.46. The predicted octanol–water partition coefficient (Wildman–Crippen LogP) is 4.34. The van der Waals surface area contributed by atoms with E-state index < -0.39 is 0 Å². The summed E-state index contributed by atoms with van der Waals surface area (Å²) in [7, 11) is 0. The molecule has 0 bridgehead atoms. The number of hydrogen-bond donors (Lipinski definition) is 1. The van der Waals surface area contributed by atoms with Crippen molar-refractivity contribution < 1.29 is 9.84 Å². The molecule has 18 heavy (non-hydrogen) atoms. The zero-order valence-electron chi connectivity index (χ0n) is 12.1. The number of ether oxygens (including phenoxy) is 1. The van der Waals surface area contributed by atoms with E-state index in [4.69, 9.17) is 4.74 Å². The average molecular weight is 250 g/mol. The molecule has 0 aromatic heterocycles. The van der Waals surface area contributed by atoms with Crippen molar-refractivity contribution in [2.24, 2.45) is 5.41 Å². The Labute approximate surface area is 111 Å². The van der Waals surface area contributed by atoms with Gasteiger partial charge in [0.1, 0.15) is 5.75 Å². The highest BCUT2D eigenvalue weighted by Crippen LogP contribution is 2.28. The van der Waals surface area contributed by atoms with E-state index in [1.54, 1.807) is 0 Å². The van der Waals surface area contributed by atoms with Crippen molar-refractivity contribution in [3.8, 4) is 5.75 Å². The maximum atomic E-state index is 10.1. The first-order chi connectivity index (χ1) is 8.42. The molecule has 0 saturated heterocycles. The van der Waals surface area contributed by atoms with E-state index in [9.17, 15) is 5.11 Å². The van der Waals surface area contributed by atoms with Crippen molar-refractivity contribution in [3.05, 3.63) is 29.8 Å². The predicted molar refractivity (Wildman–Crippen MR) is 75.9 cm³/mol. The number of benzene rings is 1. The Morgan fingerprint density at radius 2 is 1.78 bits per heavy atom. The van der Waals surface area contributed by atoms with Gasteiger partial charge in [0.2, 0.25) is 0 Å². The molecule has 0 aliphatic heterocycles. The van der Waals surface area contributed by atoms with Gasteiger partial charge in [-0.15, -0.1) is 0 Å². The lowest BCUT2D eigenvalue weighted by Crippen LogP contribution is -2.08. The first kappa shape index (κ1) is 15.0. The largest absolute Gasteiger partial charge is 0.494 e. The SMILES string of the molecule is CCCOc1ccc(C(O)CCC(C)(C)C)cc1. The molecular weight excluding hydrogens is 224 g/mol. The van der Waals surface area contributed by atoms with Crippen LogP contribution < -0.4 is 4.74 Å². The molecule has 0 spiro atoms. The molecule has 2 heteroatoms. The third-order valence-electron chi connectivity index (χ3n) is 2.91. The maximum absolute atomic E-state index is 10.1. The van der Waals surface area contributed by atoms with Crippen LogP contribution in [0.15, 0.2) is 24.3 Å². The lowest BCUT2D eigenvalue weighted by molar-refractivity contribution is 0.147. The van der Waals surface area contributed by atoms with Crippen LogP contribution in [-0.2, 0) is 0 Å². The van der Waals surface area contributed by atoms with Gasteiger partial charge in [0.25, 0.3) is 0 Å². The monoisotopic (exact) mass is 250 g/mol. The van der Waals surface area contributed by atoms with Gasteiger partial charge in [-0.05, 0) is 42.4 Å². The molecule has 0 radical (unpaired) electrons. The summed E-state index contributed by atoms with van der Waals surface area (Å²) < 4.78 is 5.52. The van der Waals surface area contributed by atoms with E-state index in [0.29, 0.717) is 0 Å². The standard InChI is InChI=1S/C16H26O2/c1-5-12-18-14-8-6-13(7-9-14)15(17)10-11-16(2,3)4/h6-9,15,17H,5,10-12H2,1-4H3. The number of aliphatic hydroxyl groups is 1. The summed E-state index contributed by atoms with van der Waals surface area (Å²) in [4.78, 5) is 0. The molecule has 0 amide bonds. The third-order valence-corrected chi connectivity index (χ3v) is 2.91. The Hall–Kier alpha value is -1.02. The summed E-state index contributed by atoms with van der Waals surface area (Å²) in [5.74, 6) is 0.878. The van der Waals surface area contributed by atoms with Crippen LogP contribution in [0.5, 0.6) is 5.75 Å². The highest BCUT2D eigenvalue weighted by molar-refractivity contribution is 5.28. The van der Waals surface area contributed by atoms with E-state index >= 15 is 0 Å². The molecule has 0 aliphatic rings. The Bertz CT molecular complexity index is 335. The van der Waals surface area contributed by atoms with Crippen LogP contribution in [0.25, 0.3) is 0 Å². The van der Waals surface area contributed by atoms with Crippen molar-refractivity contribution in [1.82, 2.24) is 0 Å². The lowest BCUT2D eigenvalue weighted by atomic mass is 9.88. The van der Waals surface area contributed by atoms with Crippen LogP contribution in [0.1, 0.15) is 58.6 Å². The van der Waals surface area contributed by atoms with E-state index in [1.165, 1.54) is 0 Å². The molecule has 1 N–H and O–H groups in total. The van der Waals surface area contributed by atoms with Gasteiger partial charge < -0.3 is 9.84 Å². The normalized spacial score (nSPS) is 13.4. The van der Waals surface area contributed by atoms with E-state index in [-0.39, 0.29) is 11.5 Å². The topological polar surface area (TPSA) is 29.5 Å². The van der Waals surface area contributed by atoms with Gasteiger partial charge in [-0.3, -0.25) is 0 Å². The quantitative estimate of drug-likeness (QED) is 0.814. The van der Waals surface area contributed by atoms with Crippen LogP contribution >= 0.6 is 0 Å². The fourth-order valence-corrected chi connectivity index (χ4v) is 1.74. The minimum absolute atomic E-state index is 0.269. The van der Waals surface area contributed by atoms with Crippen LogP contribution in [0.2, 0.25) is 0 Å². The van der Waals surface area contributed by atoms with Crippen molar-refractivity contribution in [1.29, 1.82) is 0 Å². The molecule has 0 aliphatic carbocycles. The minimum atomic E-state index is -0.371. The molecule has 0 saturated carbocycles. The van der Waals surface area contributed by atoms with Crippen LogP contribution in [0.3, 0.4) is 0 Å². The summed E-state index contributed by atoms with van der Waals surface area (Å²) in [5.41, 5.74) is 1.24. The molecule has 1 aromatic carbocycles. The Morgan fingerprint density at radius 3 is 2.28 bits per heavy atom. The van der Waals surface area contributed by atoms with Gasteiger partial charge >= 0.3 is 0 Å². The molecule has 0 fully saturated rings. The number of aliphatic hydroxyl groups excluding tert-OH is 1. The van der Waals surface area contributed by atoms with Crippen molar-refractivity contribution in [2.75, 3.05) is 6.61 Å². The summed E-state index contributed by atoms with van der Waals surface area (Å²) in [6.45, 7) is 9.42. The van der Waals surface area contributed by atoms with E-state index in [1.807, 2.05) is 24.3 Å². The van der Waals surface area contributed by atoms with Gasteiger partial charge in [0.05, 0.1) is 12.7 Å². The minimum Gasteiger partial charge on any atom is -0.494 e. The van der Waals surface area contributed by atoms with Gasteiger partial charge in [0.15, 0.2) is 0 Å². The molecule has 2 nitrogen and oxygen atoms in total.